The van der Waals surface area contributed by atoms with Crippen LogP contribution in [0.3, 0.4) is 0 Å². The minimum absolute atomic E-state index is 0.238. The lowest BCUT2D eigenvalue weighted by Crippen LogP contribution is -2.33. The number of esters is 2. The van der Waals surface area contributed by atoms with Crippen LogP contribution in [-0.2, 0) is 19.1 Å². The number of rotatable bonds is 3. The van der Waals surface area contributed by atoms with Crippen molar-refractivity contribution >= 4 is 17.7 Å². The van der Waals surface area contributed by atoms with Gasteiger partial charge in [0.2, 0.25) is 0 Å². The number of nitrogens with zero attached hydrogens (tertiary/aromatic N) is 2. The first-order chi connectivity index (χ1) is 9.97. The summed E-state index contributed by atoms with van der Waals surface area (Å²) in [6, 6.07) is -0.356. The van der Waals surface area contributed by atoms with Gasteiger partial charge in [-0.1, -0.05) is 6.08 Å². The second kappa shape index (κ2) is 5.95. The van der Waals surface area contributed by atoms with Gasteiger partial charge in [-0.3, -0.25) is 5.01 Å². The van der Waals surface area contributed by atoms with Crippen molar-refractivity contribution in [1.82, 2.24) is 5.01 Å². The van der Waals surface area contributed by atoms with Crippen LogP contribution >= 0.6 is 0 Å². The van der Waals surface area contributed by atoms with E-state index in [9.17, 15) is 9.59 Å². The fraction of sp³-hybridized carbons (Fsp3) is 0.400. The maximum absolute atomic E-state index is 12.0. The monoisotopic (exact) mass is 290 g/mol. The van der Waals surface area contributed by atoms with E-state index < -0.39 is 11.9 Å². The molecule has 0 radical (unpaired) electrons. The van der Waals surface area contributed by atoms with Gasteiger partial charge < -0.3 is 9.47 Å². The molecule has 2 heterocycles. The Kier molecular flexibility index (Phi) is 4.26. The van der Waals surface area contributed by atoms with Crippen molar-refractivity contribution in [2.45, 2.75) is 26.3 Å². The molecule has 0 saturated heterocycles. The van der Waals surface area contributed by atoms with Gasteiger partial charge in [-0.15, -0.1) is 0 Å². The van der Waals surface area contributed by atoms with Gasteiger partial charge in [0, 0.05) is 6.08 Å². The molecule has 0 aliphatic carbocycles. The highest BCUT2D eigenvalue weighted by atomic mass is 16.5. The summed E-state index contributed by atoms with van der Waals surface area (Å²) >= 11 is 0. The van der Waals surface area contributed by atoms with Crippen molar-refractivity contribution in [3.05, 3.63) is 35.1 Å². The number of carbonyl (C=O) groups is 2. The van der Waals surface area contributed by atoms with Crippen molar-refractivity contribution in [3.63, 3.8) is 0 Å². The average molecular weight is 290 g/mol. The molecule has 0 aromatic rings. The van der Waals surface area contributed by atoms with Crippen molar-refractivity contribution < 1.29 is 19.1 Å². The van der Waals surface area contributed by atoms with Gasteiger partial charge in [0.15, 0.2) is 0 Å². The lowest BCUT2D eigenvalue weighted by molar-refractivity contribution is -0.139. The van der Waals surface area contributed by atoms with Gasteiger partial charge >= 0.3 is 11.9 Å². The molecule has 0 bridgehead atoms. The predicted molar refractivity (Wildman–Crippen MR) is 77.3 cm³/mol. The van der Waals surface area contributed by atoms with Gasteiger partial charge in [-0.05, 0) is 31.9 Å². The second-order valence-electron chi connectivity index (χ2n) is 4.87. The summed E-state index contributed by atoms with van der Waals surface area (Å²) in [7, 11) is 2.55. The summed E-state index contributed by atoms with van der Waals surface area (Å²) in [5.74, 6) is -1.14. The molecule has 0 aromatic heterocycles. The molecule has 1 atom stereocenters. The van der Waals surface area contributed by atoms with Gasteiger partial charge in [-0.25, -0.2) is 9.59 Å². The van der Waals surface area contributed by atoms with E-state index >= 15 is 0 Å². The maximum atomic E-state index is 12.0. The number of carbonyl (C=O) groups excluding carboxylic acids is 2. The smallest absolute Gasteiger partial charge is 0.336 e. The Morgan fingerprint density at radius 2 is 2.05 bits per heavy atom. The number of hydrazone groups is 1. The largest absolute Gasteiger partial charge is 0.466 e. The Morgan fingerprint density at radius 3 is 2.67 bits per heavy atom. The molecule has 0 spiro atoms. The first-order valence-electron chi connectivity index (χ1n) is 6.59. The molecule has 6 heteroatoms. The molecular weight excluding hydrogens is 272 g/mol. The Labute approximate surface area is 123 Å². The quantitative estimate of drug-likeness (QED) is 0.583. The number of hydrogen-bond donors (Lipinski definition) is 0. The van der Waals surface area contributed by atoms with Crippen LogP contribution < -0.4 is 0 Å². The molecule has 1 unspecified atom stereocenters. The van der Waals surface area contributed by atoms with Crippen molar-refractivity contribution in [2.24, 2.45) is 5.10 Å². The van der Waals surface area contributed by atoms with E-state index in [-0.39, 0.29) is 11.6 Å². The Morgan fingerprint density at radius 1 is 1.33 bits per heavy atom. The van der Waals surface area contributed by atoms with Crippen LogP contribution in [0.25, 0.3) is 0 Å². The zero-order chi connectivity index (χ0) is 15.6. The van der Waals surface area contributed by atoms with E-state index in [2.05, 4.69) is 9.84 Å². The first kappa shape index (κ1) is 15.0. The van der Waals surface area contributed by atoms with E-state index in [4.69, 9.17) is 4.74 Å². The second-order valence-corrected chi connectivity index (χ2v) is 4.87. The van der Waals surface area contributed by atoms with Crippen molar-refractivity contribution in [3.8, 4) is 0 Å². The van der Waals surface area contributed by atoms with Gasteiger partial charge in [-0.2, -0.15) is 5.10 Å². The van der Waals surface area contributed by atoms with Crippen molar-refractivity contribution in [2.75, 3.05) is 14.2 Å². The number of ether oxygens (including phenoxy) is 2. The third-order valence-corrected chi connectivity index (χ3v) is 3.43. The van der Waals surface area contributed by atoms with Crippen LogP contribution in [0.1, 0.15) is 20.3 Å². The zero-order valence-corrected chi connectivity index (χ0v) is 12.5. The third-order valence-electron chi connectivity index (χ3n) is 3.43. The molecule has 0 N–H and O–H groups in total. The lowest BCUT2D eigenvalue weighted by Gasteiger charge is -2.29. The Balaban J connectivity index is 2.36. The van der Waals surface area contributed by atoms with E-state index in [0.717, 1.165) is 17.0 Å². The molecule has 0 aromatic carbocycles. The number of fused-ring (bicyclic) bond motifs is 1. The highest BCUT2D eigenvalue weighted by Gasteiger charge is 2.35. The van der Waals surface area contributed by atoms with Crippen molar-refractivity contribution in [1.29, 1.82) is 0 Å². The molecule has 2 aliphatic heterocycles. The standard InChI is InChI=1S/C15H18N2O4/c1-9-7-10(2)16-17-12(9)5-6-13(17)11(15(19)21-4)8-14(18)20-3/h5,7-8,13H,6H2,1-4H3/b11-8+. The average Bonchev–Trinajstić information content (AvgIpc) is 2.87. The molecule has 21 heavy (non-hydrogen) atoms. The van der Waals surface area contributed by atoms with Gasteiger partial charge in [0.05, 0.1) is 37.2 Å². The molecule has 2 rings (SSSR count). The van der Waals surface area contributed by atoms with Crippen LogP contribution in [-0.4, -0.2) is 42.9 Å². The van der Waals surface area contributed by atoms with Gasteiger partial charge in [0.1, 0.15) is 0 Å². The minimum atomic E-state index is -0.589. The highest BCUT2D eigenvalue weighted by molar-refractivity contribution is 5.98. The van der Waals surface area contributed by atoms with E-state index in [1.165, 1.54) is 20.3 Å². The number of allylic oxidation sites excluding steroid dienone is 2. The fourth-order valence-corrected chi connectivity index (χ4v) is 2.49. The van der Waals surface area contributed by atoms with Gasteiger partial charge in [0.25, 0.3) is 0 Å². The van der Waals surface area contributed by atoms with Crippen LogP contribution in [0, 0.1) is 0 Å². The maximum Gasteiger partial charge on any atom is 0.336 e. The molecule has 0 amide bonds. The summed E-state index contributed by atoms with van der Waals surface area (Å²) in [4.78, 5) is 23.5. The normalized spacial score (nSPS) is 21.1. The summed E-state index contributed by atoms with van der Waals surface area (Å²) in [6.07, 6.45) is 5.73. The minimum Gasteiger partial charge on any atom is -0.466 e. The third kappa shape index (κ3) is 2.89. The summed E-state index contributed by atoms with van der Waals surface area (Å²) in [6.45, 7) is 3.87. The first-order valence-corrected chi connectivity index (χ1v) is 6.59. The van der Waals surface area contributed by atoms with Crippen LogP contribution in [0.15, 0.2) is 40.2 Å². The summed E-state index contributed by atoms with van der Waals surface area (Å²) in [5.41, 5.74) is 3.11. The summed E-state index contributed by atoms with van der Waals surface area (Å²) < 4.78 is 9.38. The lowest BCUT2D eigenvalue weighted by atomic mass is 10.1. The van der Waals surface area contributed by atoms with E-state index in [1.54, 1.807) is 5.01 Å². The number of methoxy groups -OCH3 is 2. The molecule has 6 nitrogen and oxygen atoms in total. The van der Waals surface area contributed by atoms with Crippen LogP contribution in [0.5, 0.6) is 0 Å². The molecule has 0 fully saturated rings. The molecular formula is C15H18N2O4. The molecule has 112 valence electrons. The van der Waals surface area contributed by atoms with E-state index in [0.29, 0.717) is 6.42 Å². The predicted octanol–water partition coefficient (Wildman–Crippen LogP) is 1.55. The fourth-order valence-electron chi connectivity index (χ4n) is 2.49. The van der Waals surface area contributed by atoms with Crippen LogP contribution in [0.2, 0.25) is 0 Å². The zero-order valence-electron chi connectivity index (χ0n) is 12.5. The van der Waals surface area contributed by atoms with E-state index in [1.807, 2.05) is 26.0 Å². The highest BCUT2D eigenvalue weighted by Crippen LogP contribution is 2.34. The SMILES string of the molecule is COC(=O)/C=C(/C(=O)OC)C1CC=C2C(C)=CC(C)=NN21. The molecule has 2 aliphatic rings. The molecule has 0 saturated carbocycles. The summed E-state index contributed by atoms with van der Waals surface area (Å²) in [5, 5.41) is 6.21. The van der Waals surface area contributed by atoms with Crippen LogP contribution in [0.4, 0.5) is 0 Å². The Hall–Kier alpha value is -2.37. The number of hydrogen-bond acceptors (Lipinski definition) is 6. The topological polar surface area (TPSA) is 68.2 Å². The Bertz CT molecular complexity index is 599.